The highest BCUT2D eigenvalue weighted by atomic mass is 32.2. The Bertz CT molecular complexity index is 740. The second-order valence-electron chi connectivity index (χ2n) is 8.18. The Labute approximate surface area is 175 Å². The van der Waals surface area contributed by atoms with Gasteiger partial charge in [0.25, 0.3) is 5.91 Å². The Kier molecular flexibility index (Phi) is 9.07. The molecule has 0 spiro atoms. The van der Waals surface area contributed by atoms with Crippen molar-refractivity contribution >= 4 is 15.9 Å². The third-order valence-electron chi connectivity index (χ3n) is 5.12. The first-order chi connectivity index (χ1) is 13.7. The molecule has 1 aromatic carbocycles. The molecule has 0 bridgehead atoms. The normalized spacial score (nSPS) is 16.5. The van der Waals surface area contributed by atoms with E-state index in [4.69, 9.17) is 4.74 Å². The van der Waals surface area contributed by atoms with E-state index in [0.717, 1.165) is 16.9 Å². The number of ether oxygens (including phenoxy) is 1. The fourth-order valence-corrected chi connectivity index (χ4v) is 4.74. The van der Waals surface area contributed by atoms with Crippen LogP contribution in [0.1, 0.15) is 45.6 Å². The molecule has 0 atom stereocenters. The zero-order valence-corrected chi connectivity index (χ0v) is 18.9. The Morgan fingerprint density at radius 2 is 1.76 bits per heavy atom. The molecule has 7 nitrogen and oxygen atoms in total. The molecule has 1 fully saturated rings. The molecule has 1 aliphatic heterocycles. The molecule has 2 N–H and O–H groups in total. The first-order valence-corrected chi connectivity index (χ1v) is 12.0. The van der Waals surface area contributed by atoms with E-state index in [2.05, 4.69) is 19.2 Å². The standard InChI is InChI=1S/C21H35N3O4S/c1-17(2)19-6-8-20(9-7-19)29(26,27)24-13-11-23(12-14-24)16-21(25)22-10-5-15-28-18(3)4/h6-9,17-18H,5,10-16H2,1-4H3,(H,22,25)/p+1. The lowest BCUT2D eigenvalue weighted by molar-refractivity contribution is -0.895. The Morgan fingerprint density at radius 1 is 1.14 bits per heavy atom. The van der Waals surface area contributed by atoms with Crippen LogP contribution in [0.4, 0.5) is 0 Å². The minimum Gasteiger partial charge on any atom is -0.379 e. The van der Waals surface area contributed by atoms with Gasteiger partial charge in [0.1, 0.15) is 0 Å². The minimum atomic E-state index is -3.48. The van der Waals surface area contributed by atoms with Crippen molar-refractivity contribution in [3.8, 4) is 0 Å². The molecule has 0 saturated carbocycles. The maximum absolute atomic E-state index is 12.9. The van der Waals surface area contributed by atoms with E-state index in [-0.39, 0.29) is 12.0 Å². The van der Waals surface area contributed by atoms with Crippen molar-refractivity contribution in [1.29, 1.82) is 0 Å². The van der Waals surface area contributed by atoms with Crippen LogP contribution in [-0.2, 0) is 19.6 Å². The van der Waals surface area contributed by atoms with Crippen molar-refractivity contribution in [1.82, 2.24) is 9.62 Å². The van der Waals surface area contributed by atoms with Crippen LogP contribution in [0.25, 0.3) is 0 Å². The number of piperazine rings is 1. The number of sulfonamides is 1. The third kappa shape index (κ3) is 7.37. The van der Waals surface area contributed by atoms with Gasteiger partial charge in [-0.05, 0) is 43.9 Å². The summed E-state index contributed by atoms with van der Waals surface area (Å²) in [5.41, 5.74) is 1.12. The first kappa shape index (κ1) is 23.8. The van der Waals surface area contributed by atoms with Crippen molar-refractivity contribution in [2.75, 3.05) is 45.9 Å². The molecule has 8 heteroatoms. The van der Waals surface area contributed by atoms with Gasteiger partial charge in [-0.15, -0.1) is 0 Å². The molecule has 0 unspecified atom stereocenters. The van der Waals surface area contributed by atoms with Gasteiger partial charge in [0.15, 0.2) is 6.54 Å². The van der Waals surface area contributed by atoms with Crippen LogP contribution in [0.5, 0.6) is 0 Å². The number of amides is 1. The Balaban J connectivity index is 1.77. The molecule has 2 rings (SSSR count). The summed E-state index contributed by atoms with van der Waals surface area (Å²) in [6.45, 7) is 11.9. The molecule has 0 aliphatic carbocycles. The van der Waals surface area contributed by atoms with Crippen LogP contribution in [0.3, 0.4) is 0 Å². The topological polar surface area (TPSA) is 80.2 Å². The Morgan fingerprint density at radius 3 is 2.31 bits per heavy atom. The molecule has 164 valence electrons. The zero-order valence-electron chi connectivity index (χ0n) is 18.1. The Hall–Kier alpha value is -1.48. The number of hydrogen-bond donors (Lipinski definition) is 2. The molecular formula is C21H36N3O4S+. The molecule has 1 heterocycles. The van der Waals surface area contributed by atoms with Crippen LogP contribution in [0.2, 0.25) is 0 Å². The average molecular weight is 427 g/mol. The van der Waals surface area contributed by atoms with E-state index in [1.54, 1.807) is 12.1 Å². The van der Waals surface area contributed by atoms with Gasteiger partial charge in [0, 0.05) is 13.2 Å². The highest BCUT2D eigenvalue weighted by Crippen LogP contribution is 2.20. The van der Waals surface area contributed by atoms with Crippen LogP contribution in [0, 0.1) is 0 Å². The van der Waals surface area contributed by atoms with Crippen molar-refractivity contribution in [2.45, 2.75) is 51.0 Å². The van der Waals surface area contributed by atoms with Gasteiger partial charge >= 0.3 is 0 Å². The summed E-state index contributed by atoms with van der Waals surface area (Å²) in [6, 6.07) is 7.16. The number of nitrogens with zero attached hydrogens (tertiary/aromatic N) is 1. The SMILES string of the molecule is CC(C)OCCCNC(=O)C[NH+]1CCN(S(=O)(=O)c2ccc(C(C)C)cc2)CC1. The summed E-state index contributed by atoms with van der Waals surface area (Å²) in [6.07, 6.45) is 0.997. The minimum absolute atomic E-state index is 0.00475. The highest BCUT2D eigenvalue weighted by Gasteiger charge is 2.31. The lowest BCUT2D eigenvalue weighted by Gasteiger charge is -2.31. The zero-order chi connectivity index (χ0) is 21.4. The number of rotatable bonds is 10. The third-order valence-corrected chi connectivity index (χ3v) is 7.03. The lowest BCUT2D eigenvalue weighted by atomic mass is 10.0. The second-order valence-corrected chi connectivity index (χ2v) is 10.1. The summed E-state index contributed by atoms with van der Waals surface area (Å²) >= 11 is 0. The van der Waals surface area contributed by atoms with Gasteiger partial charge < -0.3 is 15.0 Å². The van der Waals surface area contributed by atoms with Crippen molar-refractivity contribution < 1.29 is 22.8 Å². The van der Waals surface area contributed by atoms with Crippen molar-refractivity contribution in [2.24, 2.45) is 0 Å². The van der Waals surface area contributed by atoms with Crippen LogP contribution in [0.15, 0.2) is 29.2 Å². The van der Waals surface area contributed by atoms with Gasteiger partial charge in [-0.1, -0.05) is 26.0 Å². The van der Waals surface area contributed by atoms with Gasteiger partial charge in [0.2, 0.25) is 10.0 Å². The quantitative estimate of drug-likeness (QED) is 0.538. The van der Waals surface area contributed by atoms with E-state index in [1.807, 2.05) is 26.0 Å². The predicted molar refractivity (Wildman–Crippen MR) is 114 cm³/mol. The molecule has 0 aromatic heterocycles. The molecule has 1 amide bonds. The fraction of sp³-hybridized carbons (Fsp3) is 0.667. The molecular weight excluding hydrogens is 390 g/mol. The average Bonchev–Trinajstić information content (AvgIpc) is 2.68. The van der Waals surface area contributed by atoms with E-state index in [1.165, 1.54) is 4.31 Å². The molecule has 1 aliphatic rings. The largest absolute Gasteiger partial charge is 0.379 e. The maximum Gasteiger partial charge on any atom is 0.275 e. The predicted octanol–water partition coefficient (Wildman–Crippen LogP) is 0.631. The van der Waals surface area contributed by atoms with Gasteiger partial charge in [-0.25, -0.2) is 8.42 Å². The number of benzene rings is 1. The van der Waals surface area contributed by atoms with E-state index in [0.29, 0.717) is 56.7 Å². The number of carbonyl (C=O) groups excluding carboxylic acids is 1. The van der Waals surface area contributed by atoms with Crippen LogP contribution in [-0.4, -0.2) is 70.6 Å². The van der Waals surface area contributed by atoms with Gasteiger partial charge in [-0.2, -0.15) is 4.31 Å². The maximum atomic E-state index is 12.9. The number of hydrogen-bond acceptors (Lipinski definition) is 4. The monoisotopic (exact) mass is 426 g/mol. The number of carbonyl (C=O) groups is 1. The second kappa shape index (κ2) is 11.1. The summed E-state index contributed by atoms with van der Waals surface area (Å²) in [5, 5.41) is 2.91. The van der Waals surface area contributed by atoms with Gasteiger partial charge in [-0.3, -0.25) is 4.79 Å². The van der Waals surface area contributed by atoms with E-state index < -0.39 is 10.0 Å². The molecule has 29 heavy (non-hydrogen) atoms. The van der Waals surface area contributed by atoms with Crippen molar-refractivity contribution in [3.63, 3.8) is 0 Å². The summed E-state index contributed by atoms with van der Waals surface area (Å²) in [7, 11) is -3.48. The first-order valence-electron chi connectivity index (χ1n) is 10.5. The number of nitrogens with one attached hydrogen (secondary N) is 2. The molecule has 1 saturated heterocycles. The summed E-state index contributed by atoms with van der Waals surface area (Å²) < 4.78 is 32.7. The van der Waals surface area contributed by atoms with Gasteiger partial charge in [0.05, 0.1) is 37.2 Å². The highest BCUT2D eigenvalue weighted by molar-refractivity contribution is 7.89. The summed E-state index contributed by atoms with van der Waals surface area (Å²) in [5.74, 6) is 0.373. The molecule has 0 radical (unpaired) electrons. The fourth-order valence-electron chi connectivity index (χ4n) is 3.30. The summed E-state index contributed by atoms with van der Waals surface area (Å²) in [4.78, 5) is 13.5. The lowest BCUT2D eigenvalue weighted by Crippen LogP contribution is -3.15. The van der Waals surface area contributed by atoms with Crippen molar-refractivity contribution in [3.05, 3.63) is 29.8 Å². The van der Waals surface area contributed by atoms with Crippen LogP contribution < -0.4 is 10.2 Å². The van der Waals surface area contributed by atoms with E-state index >= 15 is 0 Å². The molecule has 1 aromatic rings. The number of quaternary nitrogens is 1. The van der Waals surface area contributed by atoms with Crippen LogP contribution >= 0.6 is 0 Å². The van der Waals surface area contributed by atoms with E-state index in [9.17, 15) is 13.2 Å². The smallest absolute Gasteiger partial charge is 0.275 e.